The molecule has 0 aliphatic carbocycles. The normalized spacial score (nSPS) is 11.7. The fourth-order valence-corrected chi connectivity index (χ4v) is 1.77. The number of halogens is 2. The zero-order chi connectivity index (χ0) is 10.6. The quantitative estimate of drug-likeness (QED) is 0.882. The first-order chi connectivity index (χ1) is 6.63. The van der Waals surface area contributed by atoms with Crippen molar-refractivity contribution in [1.29, 1.82) is 0 Å². The SMILES string of the molecule is CCC[C@@H](N)C(=O)Nc1ncc(Cl)s1.Cl. The van der Waals surface area contributed by atoms with Gasteiger partial charge in [0.2, 0.25) is 5.91 Å². The van der Waals surface area contributed by atoms with E-state index in [9.17, 15) is 4.79 Å². The van der Waals surface area contributed by atoms with Crippen LogP contribution in [0.4, 0.5) is 5.13 Å². The Hall–Kier alpha value is -0.360. The molecule has 86 valence electrons. The monoisotopic (exact) mass is 269 g/mol. The molecular weight excluding hydrogens is 257 g/mol. The maximum absolute atomic E-state index is 11.4. The molecule has 1 amide bonds. The molecule has 4 nitrogen and oxygen atoms in total. The summed E-state index contributed by atoms with van der Waals surface area (Å²) in [5, 5.41) is 3.10. The Morgan fingerprint density at radius 1 is 1.80 bits per heavy atom. The first-order valence-electron chi connectivity index (χ1n) is 4.31. The maximum Gasteiger partial charge on any atom is 0.243 e. The molecule has 1 aromatic rings. The summed E-state index contributed by atoms with van der Waals surface area (Å²) < 4.78 is 0.546. The predicted octanol–water partition coefficient (Wildman–Crippen LogP) is 2.28. The summed E-state index contributed by atoms with van der Waals surface area (Å²) in [4.78, 5) is 15.3. The van der Waals surface area contributed by atoms with E-state index >= 15 is 0 Å². The maximum atomic E-state index is 11.4. The number of thiazole rings is 1. The van der Waals surface area contributed by atoms with Crippen molar-refractivity contribution >= 4 is 46.4 Å². The molecule has 0 spiro atoms. The number of carbonyl (C=O) groups excluding carboxylic acids is 1. The van der Waals surface area contributed by atoms with E-state index in [1.165, 1.54) is 17.5 Å². The molecule has 1 atom stereocenters. The van der Waals surface area contributed by atoms with Gasteiger partial charge in [-0.25, -0.2) is 4.98 Å². The van der Waals surface area contributed by atoms with Gasteiger partial charge in [-0.05, 0) is 6.42 Å². The summed E-state index contributed by atoms with van der Waals surface area (Å²) in [7, 11) is 0. The number of carbonyl (C=O) groups is 1. The lowest BCUT2D eigenvalue weighted by molar-refractivity contribution is -0.117. The summed E-state index contributed by atoms with van der Waals surface area (Å²) in [6.07, 6.45) is 3.05. The molecule has 0 saturated carbocycles. The molecule has 1 rings (SSSR count). The van der Waals surface area contributed by atoms with Crippen LogP contribution in [0.1, 0.15) is 19.8 Å². The van der Waals surface area contributed by atoms with Crippen molar-refractivity contribution in [3.05, 3.63) is 10.5 Å². The molecule has 0 aliphatic rings. The second-order valence-corrected chi connectivity index (χ2v) is 4.52. The van der Waals surface area contributed by atoms with Gasteiger partial charge in [-0.3, -0.25) is 4.79 Å². The number of amides is 1. The molecule has 0 radical (unpaired) electrons. The van der Waals surface area contributed by atoms with Gasteiger partial charge in [-0.1, -0.05) is 36.3 Å². The van der Waals surface area contributed by atoms with Crippen molar-refractivity contribution in [3.63, 3.8) is 0 Å². The average molecular weight is 270 g/mol. The summed E-state index contributed by atoms with van der Waals surface area (Å²) in [5.74, 6) is -0.210. The molecule has 0 bridgehead atoms. The molecule has 15 heavy (non-hydrogen) atoms. The van der Waals surface area contributed by atoms with E-state index in [0.717, 1.165) is 6.42 Å². The number of hydrogen-bond acceptors (Lipinski definition) is 4. The number of nitrogens with two attached hydrogens (primary N) is 1. The van der Waals surface area contributed by atoms with Gasteiger partial charge in [0.1, 0.15) is 4.34 Å². The Bertz CT molecular complexity index is 319. The largest absolute Gasteiger partial charge is 0.320 e. The zero-order valence-electron chi connectivity index (χ0n) is 8.20. The Kier molecular flexibility index (Phi) is 6.84. The van der Waals surface area contributed by atoms with Crippen molar-refractivity contribution in [2.24, 2.45) is 5.73 Å². The Morgan fingerprint density at radius 3 is 2.93 bits per heavy atom. The van der Waals surface area contributed by atoms with Crippen LogP contribution in [0, 0.1) is 0 Å². The van der Waals surface area contributed by atoms with Crippen LogP contribution >= 0.6 is 35.3 Å². The lowest BCUT2D eigenvalue weighted by atomic mass is 10.2. The van der Waals surface area contributed by atoms with Crippen molar-refractivity contribution in [3.8, 4) is 0 Å². The third-order valence-electron chi connectivity index (χ3n) is 1.64. The second-order valence-electron chi connectivity index (χ2n) is 2.85. The Balaban J connectivity index is 0.00000196. The highest BCUT2D eigenvalue weighted by molar-refractivity contribution is 7.19. The van der Waals surface area contributed by atoms with Gasteiger partial charge >= 0.3 is 0 Å². The van der Waals surface area contributed by atoms with E-state index in [1.807, 2.05) is 6.92 Å². The molecule has 0 unspecified atom stereocenters. The summed E-state index contributed by atoms with van der Waals surface area (Å²) >= 11 is 6.88. The van der Waals surface area contributed by atoms with Crippen molar-refractivity contribution in [1.82, 2.24) is 4.98 Å². The molecule has 0 saturated heterocycles. The van der Waals surface area contributed by atoms with Crippen molar-refractivity contribution in [2.75, 3.05) is 5.32 Å². The van der Waals surface area contributed by atoms with Crippen LogP contribution in [-0.2, 0) is 4.79 Å². The molecule has 3 N–H and O–H groups in total. The van der Waals surface area contributed by atoms with Crippen LogP contribution in [0.2, 0.25) is 4.34 Å². The third kappa shape index (κ3) is 4.79. The number of anilines is 1. The van der Waals surface area contributed by atoms with Gasteiger partial charge < -0.3 is 11.1 Å². The van der Waals surface area contributed by atoms with Crippen molar-refractivity contribution < 1.29 is 4.79 Å². The van der Waals surface area contributed by atoms with Crippen LogP contribution in [0.25, 0.3) is 0 Å². The minimum Gasteiger partial charge on any atom is -0.320 e. The van der Waals surface area contributed by atoms with Gasteiger partial charge in [0.15, 0.2) is 5.13 Å². The Labute approximate surface area is 104 Å². The van der Waals surface area contributed by atoms with E-state index in [1.54, 1.807) is 0 Å². The lowest BCUT2D eigenvalue weighted by Crippen LogP contribution is -2.35. The second kappa shape index (κ2) is 7.00. The highest BCUT2D eigenvalue weighted by Gasteiger charge is 2.13. The number of nitrogens with zero attached hydrogens (tertiary/aromatic N) is 1. The minimum atomic E-state index is -0.470. The topological polar surface area (TPSA) is 68.0 Å². The fraction of sp³-hybridized carbons (Fsp3) is 0.500. The van der Waals surface area contributed by atoms with Crippen LogP contribution in [-0.4, -0.2) is 16.9 Å². The predicted molar refractivity (Wildman–Crippen MR) is 65.9 cm³/mol. The number of aromatic nitrogens is 1. The van der Waals surface area contributed by atoms with E-state index < -0.39 is 6.04 Å². The van der Waals surface area contributed by atoms with Gasteiger partial charge in [0, 0.05) is 0 Å². The first kappa shape index (κ1) is 14.6. The number of hydrogen-bond donors (Lipinski definition) is 2. The molecular formula is C8H13Cl2N3OS. The summed E-state index contributed by atoms with van der Waals surface area (Å²) in [5.41, 5.74) is 5.61. The van der Waals surface area contributed by atoms with Crippen molar-refractivity contribution in [2.45, 2.75) is 25.8 Å². The van der Waals surface area contributed by atoms with Crippen LogP contribution < -0.4 is 11.1 Å². The van der Waals surface area contributed by atoms with Crippen LogP contribution in [0.5, 0.6) is 0 Å². The van der Waals surface area contributed by atoms with Gasteiger partial charge in [0.05, 0.1) is 12.2 Å². The van der Waals surface area contributed by atoms with Gasteiger partial charge in [0.25, 0.3) is 0 Å². The molecule has 1 heterocycles. The van der Waals surface area contributed by atoms with E-state index in [-0.39, 0.29) is 18.3 Å². The lowest BCUT2D eigenvalue weighted by Gasteiger charge is -2.08. The van der Waals surface area contributed by atoms with Gasteiger partial charge in [-0.2, -0.15) is 0 Å². The standard InChI is InChI=1S/C8H12ClN3OS.ClH/c1-2-3-5(10)7(13)12-8-11-4-6(9)14-8;/h4-5H,2-3,10H2,1H3,(H,11,12,13);1H/t5-;/m1./s1. The minimum absolute atomic E-state index is 0. The van der Waals surface area contributed by atoms with E-state index in [2.05, 4.69) is 10.3 Å². The summed E-state index contributed by atoms with van der Waals surface area (Å²) in [6.45, 7) is 1.98. The highest BCUT2D eigenvalue weighted by atomic mass is 35.5. The first-order valence-corrected chi connectivity index (χ1v) is 5.50. The highest BCUT2D eigenvalue weighted by Crippen LogP contribution is 2.22. The molecule has 0 fully saturated rings. The average Bonchev–Trinajstić information content (AvgIpc) is 2.51. The Morgan fingerprint density at radius 2 is 2.47 bits per heavy atom. The molecule has 7 heteroatoms. The van der Waals surface area contributed by atoms with E-state index in [0.29, 0.717) is 15.9 Å². The van der Waals surface area contributed by atoms with Gasteiger partial charge in [-0.15, -0.1) is 12.4 Å². The van der Waals surface area contributed by atoms with E-state index in [4.69, 9.17) is 17.3 Å². The van der Waals surface area contributed by atoms with Crippen LogP contribution in [0.3, 0.4) is 0 Å². The summed E-state index contributed by atoms with van der Waals surface area (Å²) in [6, 6.07) is -0.470. The fourth-order valence-electron chi connectivity index (χ4n) is 0.952. The third-order valence-corrected chi connectivity index (χ3v) is 2.67. The van der Waals surface area contributed by atoms with Crippen LogP contribution in [0.15, 0.2) is 6.20 Å². The number of rotatable bonds is 4. The smallest absolute Gasteiger partial charge is 0.243 e. The molecule has 0 aliphatic heterocycles. The molecule has 0 aromatic carbocycles. The molecule has 1 aromatic heterocycles. The zero-order valence-corrected chi connectivity index (χ0v) is 10.6. The number of nitrogens with one attached hydrogen (secondary N) is 1.